The lowest BCUT2D eigenvalue weighted by atomic mass is 10.1. The molecule has 0 aliphatic carbocycles. The van der Waals surface area contributed by atoms with Crippen LogP contribution in [0.2, 0.25) is 0 Å². The van der Waals surface area contributed by atoms with Crippen LogP contribution in [0, 0.1) is 0 Å². The predicted molar refractivity (Wildman–Crippen MR) is 64.3 cm³/mol. The zero-order valence-corrected chi connectivity index (χ0v) is 9.00. The Hall–Kier alpha value is -2.16. The van der Waals surface area contributed by atoms with Crippen molar-refractivity contribution in [3.05, 3.63) is 54.2 Å². The Kier molecular flexibility index (Phi) is 3.28. The fourth-order valence-electron chi connectivity index (χ4n) is 1.39. The van der Waals surface area contributed by atoms with Gasteiger partial charge in [-0.15, -0.1) is 0 Å². The number of nitrogens with zero attached hydrogens (tertiary/aromatic N) is 2. The van der Waals surface area contributed by atoms with Crippen LogP contribution in [0.15, 0.2) is 53.8 Å². The van der Waals surface area contributed by atoms with Crippen LogP contribution in [-0.4, -0.2) is 18.3 Å². The summed E-state index contributed by atoms with van der Waals surface area (Å²) in [5.41, 5.74) is 3.06. The second-order valence-electron chi connectivity index (χ2n) is 3.25. The van der Waals surface area contributed by atoms with E-state index < -0.39 is 0 Å². The van der Waals surface area contributed by atoms with Gasteiger partial charge in [0, 0.05) is 11.8 Å². The smallest absolute Gasteiger partial charge is 0.106 e. The Morgan fingerprint density at radius 3 is 2.56 bits per heavy atom. The monoisotopic (exact) mass is 212 g/mol. The highest BCUT2D eigenvalue weighted by Crippen LogP contribution is 2.16. The number of hydrogen-bond acceptors (Lipinski definition) is 3. The van der Waals surface area contributed by atoms with Crippen LogP contribution in [0.4, 0.5) is 0 Å². The molecule has 0 unspecified atom stereocenters. The Labute approximate surface area is 94.4 Å². The van der Waals surface area contributed by atoms with Gasteiger partial charge in [-0.25, -0.2) is 0 Å². The Morgan fingerprint density at radius 1 is 1.12 bits per heavy atom. The lowest BCUT2D eigenvalue weighted by Gasteiger charge is -2.00. The first-order chi connectivity index (χ1) is 7.90. The molecule has 0 radical (unpaired) electrons. The molecule has 3 heteroatoms. The van der Waals surface area contributed by atoms with Crippen LogP contribution < -0.4 is 0 Å². The molecule has 0 N–H and O–H groups in total. The van der Waals surface area contributed by atoms with Crippen LogP contribution in [0.3, 0.4) is 0 Å². The topological polar surface area (TPSA) is 34.5 Å². The van der Waals surface area contributed by atoms with Crippen LogP contribution >= 0.6 is 0 Å². The summed E-state index contributed by atoms with van der Waals surface area (Å²) in [5, 5.41) is 3.70. The van der Waals surface area contributed by atoms with E-state index in [1.54, 1.807) is 12.4 Å². The van der Waals surface area contributed by atoms with Gasteiger partial charge in [-0.1, -0.05) is 35.5 Å². The maximum atomic E-state index is 4.62. The van der Waals surface area contributed by atoms with Crippen molar-refractivity contribution in [2.45, 2.75) is 0 Å². The maximum Gasteiger partial charge on any atom is 0.106 e. The van der Waals surface area contributed by atoms with Gasteiger partial charge >= 0.3 is 0 Å². The van der Waals surface area contributed by atoms with Gasteiger partial charge in [0.15, 0.2) is 0 Å². The van der Waals surface area contributed by atoms with Crippen LogP contribution in [0.5, 0.6) is 0 Å². The number of benzene rings is 1. The molecule has 80 valence electrons. The van der Waals surface area contributed by atoms with Crippen molar-refractivity contribution in [1.82, 2.24) is 4.98 Å². The average Bonchev–Trinajstić information content (AvgIpc) is 2.38. The summed E-state index contributed by atoms with van der Waals surface area (Å²) >= 11 is 0. The van der Waals surface area contributed by atoms with Crippen molar-refractivity contribution >= 4 is 6.21 Å². The predicted octanol–water partition coefficient (Wildman–Crippen LogP) is 2.73. The first kappa shape index (κ1) is 10.4. The molecule has 1 heterocycles. The number of rotatable bonds is 3. The zero-order valence-electron chi connectivity index (χ0n) is 9.00. The second kappa shape index (κ2) is 5.07. The minimum atomic E-state index is 0.970. The standard InChI is InChI=1S/C13H12N2O/c1-16-15-10-11-5-7-12(8-6-11)13-4-2-3-9-14-13/h2-10H,1H3. The summed E-state index contributed by atoms with van der Waals surface area (Å²) in [6.45, 7) is 0. The summed E-state index contributed by atoms with van der Waals surface area (Å²) < 4.78 is 0. The Morgan fingerprint density at radius 2 is 1.94 bits per heavy atom. The van der Waals surface area contributed by atoms with Gasteiger partial charge in [-0.05, 0) is 17.7 Å². The third-order valence-electron chi connectivity index (χ3n) is 2.18. The summed E-state index contributed by atoms with van der Waals surface area (Å²) in [4.78, 5) is 8.90. The van der Waals surface area contributed by atoms with Gasteiger partial charge in [0.2, 0.25) is 0 Å². The van der Waals surface area contributed by atoms with E-state index in [9.17, 15) is 0 Å². The minimum absolute atomic E-state index is 0.970. The molecule has 0 spiro atoms. The lowest BCUT2D eigenvalue weighted by molar-refractivity contribution is 0.215. The summed E-state index contributed by atoms with van der Waals surface area (Å²) in [7, 11) is 1.53. The first-order valence-electron chi connectivity index (χ1n) is 4.98. The molecule has 2 rings (SSSR count). The number of hydrogen-bond donors (Lipinski definition) is 0. The normalized spacial score (nSPS) is 10.6. The van der Waals surface area contributed by atoms with E-state index in [-0.39, 0.29) is 0 Å². The molecule has 0 atom stereocenters. The molecule has 3 nitrogen and oxygen atoms in total. The molecule has 0 saturated carbocycles. The molecule has 0 amide bonds. The fourth-order valence-corrected chi connectivity index (χ4v) is 1.39. The molecule has 0 fully saturated rings. The average molecular weight is 212 g/mol. The van der Waals surface area contributed by atoms with E-state index in [1.807, 2.05) is 42.5 Å². The molecule has 0 aliphatic rings. The van der Waals surface area contributed by atoms with Gasteiger partial charge in [-0.3, -0.25) is 4.98 Å². The van der Waals surface area contributed by atoms with Crippen LogP contribution in [0.1, 0.15) is 5.56 Å². The number of oxime groups is 1. The second-order valence-corrected chi connectivity index (χ2v) is 3.25. The lowest BCUT2D eigenvalue weighted by Crippen LogP contribution is -1.84. The van der Waals surface area contributed by atoms with Gasteiger partial charge in [-0.2, -0.15) is 0 Å². The molecular weight excluding hydrogens is 200 g/mol. The molecule has 1 aromatic heterocycles. The summed E-state index contributed by atoms with van der Waals surface area (Å²) in [5.74, 6) is 0. The van der Waals surface area contributed by atoms with Gasteiger partial charge in [0.25, 0.3) is 0 Å². The van der Waals surface area contributed by atoms with E-state index in [1.165, 1.54) is 7.11 Å². The van der Waals surface area contributed by atoms with Crippen molar-refractivity contribution in [3.63, 3.8) is 0 Å². The number of pyridine rings is 1. The highest BCUT2D eigenvalue weighted by molar-refractivity contribution is 5.80. The maximum absolute atomic E-state index is 4.62. The van der Waals surface area contributed by atoms with Crippen molar-refractivity contribution in [3.8, 4) is 11.3 Å². The Balaban J connectivity index is 2.23. The van der Waals surface area contributed by atoms with Gasteiger partial charge in [0.1, 0.15) is 7.11 Å². The quantitative estimate of drug-likeness (QED) is 0.579. The van der Waals surface area contributed by atoms with Crippen molar-refractivity contribution in [2.24, 2.45) is 5.16 Å². The highest BCUT2D eigenvalue weighted by atomic mass is 16.6. The van der Waals surface area contributed by atoms with Crippen LogP contribution in [0.25, 0.3) is 11.3 Å². The summed E-state index contributed by atoms with van der Waals surface area (Å²) in [6.07, 6.45) is 3.46. The third kappa shape index (κ3) is 2.45. The van der Waals surface area contributed by atoms with Crippen LogP contribution in [-0.2, 0) is 4.84 Å². The minimum Gasteiger partial charge on any atom is -0.399 e. The molecular formula is C13H12N2O. The molecule has 16 heavy (non-hydrogen) atoms. The van der Waals surface area contributed by atoms with Crippen molar-refractivity contribution in [1.29, 1.82) is 0 Å². The van der Waals surface area contributed by atoms with Crippen molar-refractivity contribution in [2.75, 3.05) is 7.11 Å². The number of aromatic nitrogens is 1. The SMILES string of the molecule is CON=Cc1ccc(-c2ccccn2)cc1. The fraction of sp³-hybridized carbons (Fsp3) is 0.0769. The summed E-state index contributed by atoms with van der Waals surface area (Å²) in [6, 6.07) is 13.8. The zero-order chi connectivity index (χ0) is 11.2. The van der Waals surface area contributed by atoms with E-state index in [4.69, 9.17) is 0 Å². The van der Waals surface area contributed by atoms with Crippen molar-refractivity contribution < 1.29 is 4.84 Å². The largest absolute Gasteiger partial charge is 0.399 e. The molecule has 1 aromatic carbocycles. The molecule has 0 bridgehead atoms. The highest BCUT2D eigenvalue weighted by Gasteiger charge is 1.96. The van der Waals surface area contributed by atoms with Gasteiger partial charge in [0.05, 0.1) is 11.9 Å². The molecule has 2 aromatic rings. The van der Waals surface area contributed by atoms with E-state index in [0.717, 1.165) is 16.8 Å². The molecule has 0 aliphatic heterocycles. The van der Waals surface area contributed by atoms with E-state index >= 15 is 0 Å². The first-order valence-corrected chi connectivity index (χ1v) is 4.98. The Bertz CT molecular complexity index is 463. The van der Waals surface area contributed by atoms with E-state index in [0.29, 0.717) is 0 Å². The third-order valence-corrected chi connectivity index (χ3v) is 2.18. The molecule has 0 saturated heterocycles. The van der Waals surface area contributed by atoms with E-state index in [2.05, 4.69) is 15.0 Å². The van der Waals surface area contributed by atoms with Gasteiger partial charge < -0.3 is 4.84 Å².